The zero-order valence-electron chi connectivity index (χ0n) is 12.3. The van der Waals surface area contributed by atoms with E-state index in [-0.39, 0.29) is 11.9 Å². The van der Waals surface area contributed by atoms with Gasteiger partial charge in [0.25, 0.3) is 0 Å². The smallest absolute Gasteiger partial charge is 0.314 e. The first-order valence-electron chi connectivity index (χ1n) is 7.33. The van der Waals surface area contributed by atoms with Crippen LogP contribution in [0, 0.1) is 0 Å². The van der Waals surface area contributed by atoms with Gasteiger partial charge in [-0.15, -0.1) is 0 Å². The molecule has 1 aromatic rings. The fourth-order valence-electron chi connectivity index (χ4n) is 2.87. The van der Waals surface area contributed by atoms with E-state index >= 15 is 0 Å². The summed E-state index contributed by atoms with van der Waals surface area (Å²) in [6.07, 6.45) is 1.15. The predicted molar refractivity (Wildman–Crippen MR) is 79.7 cm³/mol. The molecule has 2 rings (SSSR count). The van der Waals surface area contributed by atoms with Crippen LogP contribution in [-0.2, 0) is 9.53 Å². The van der Waals surface area contributed by atoms with E-state index in [0.717, 1.165) is 38.2 Å². The fourth-order valence-corrected chi connectivity index (χ4v) is 2.87. The Labute approximate surface area is 121 Å². The van der Waals surface area contributed by atoms with Crippen LogP contribution in [0.25, 0.3) is 0 Å². The third kappa shape index (κ3) is 3.58. The third-order valence-corrected chi connectivity index (χ3v) is 4.06. The van der Waals surface area contributed by atoms with Crippen LogP contribution in [0.5, 0.6) is 0 Å². The van der Waals surface area contributed by atoms with Crippen molar-refractivity contribution in [1.82, 2.24) is 10.2 Å². The van der Waals surface area contributed by atoms with Crippen molar-refractivity contribution < 1.29 is 9.53 Å². The first-order chi connectivity index (χ1) is 9.76. The highest BCUT2D eigenvalue weighted by molar-refractivity contribution is 5.78. The molecule has 1 N–H and O–H groups in total. The molecule has 20 heavy (non-hydrogen) atoms. The topological polar surface area (TPSA) is 41.6 Å². The van der Waals surface area contributed by atoms with Gasteiger partial charge in [-0.05, 0) is 25.1 Å². The molecule has 4 heteroatoms. The van der Waals surface area contributed by atoms with E-state index < -0.39 is 0 Å². The van der Waals surface area contributed by atoms with Crippen LogP contribution in [0.2, 0.25) is 0 Å². The number of esters is 1. The molecule has 0 aromatic heterocycles. The van der Waals surface area contributed by atoms with E-state index in [4.69, 9.17) is 4.74 Å². The molecular weight excluding hydrogens is 252 g/mol. The second-order valence-electron chi connectivity index (χ2n) is 5.22. The second-order valence-corrected chi connectivity index (χ2v) is 5.22. The minimum Gasteiger partial charge on any atom is -0.469 e. The summed E-state index contributed by atoms with van der Waals surface area (Å²) >= 11 is 0. The van der Waals surface area contributed by atoms with Crippen molar-refractivity contribution in [3.8, 4) is 0 Å². The van der Waals surface area contributed by atoms with Crippen molar-refractivity contribution >= 4 is 5.97 Å². The normalized spacial score (nSPS) is 20.1. The molecule has 1 aliphatic rings. The summed E-state index contributed by atoms with van der Waals surface area (Å²) in [5, 5.41) is 3.39. The van der Waals surface area contributed by atoms with Crippen LogP contribution < -0.4 is 5.32 Å². The Morgan fingerprint density at radius 1 is 1.45 bits per heavy atom. The molecule has 1 heterocycles. The van der Waals surface area contributed by atoms with Gasteiger partial charge in [0.1, 0.15) is 0 Å². The number of hydrogen-bond acceptors (Lipinski definition) is 4. The fraction of sp³-hybridized carbons (Fsp3) is 0.562. The molecule has 1 aromatic carbocycles. The summed E-state index contributed by atoms with van der Waals surface area (Å²) in [4.78, 5) is 14.5. The Kier molecular flexibility index (Phi) is 5.56. The average Bonchev–Trinajstić information content (AvgIpc) is 3.03. The minimum absolute atomic E-state index is 0.152. The lowest BCUT2D eigenvalue weighted by Gasteiger charge is -2.30. The number of benzene rings is 1. The predicted octanol–water partition coefficient (Wildman–Crippen LogP) is 1.63. The minimum atomic E-state index is -0.207. The molecule has 1 aliphatic heterocycles. The van der Waals surface area contributed by atoms with Crippen molar-refractivity contribution in [1.29, 1.82) is 0 Å². The maximum Gasteiger partial charge on any atom is 0.314 e. The highest BCUT2D eigenvalue weighted by Crippen LogP contribution is 2.21. The molecule has 2 atom stereocenters. The zero-order valence-corrected chi connectivity index (χ0v) is 12.3. The first-order valence-corrected chi connectivity index (χ1v) is 7.33. The van der Waals surface area contributed by atoms with Crippen molar-refractivity contribution in [2.75, 3.05) is 33.3 Å². The molecule has 0 bridgehead atoms. The molecule has 0 spiro atoms. The molecule has 0 amide bonds. The molecule has 1 saturated heterocycles. The van der Waals surface area contributed by atoms with Crippen molar-refractivity contribution in [3.63, 3.8) is 0 Å². The summed E-state index contributed by atoms with van der Waals surface area (Å²) in [6, 6.07) is 10.4. The summed E-state index contributed by atoms with van der Waals surface area (Å²) in [6.45, 7) is 5.90. The van der Waals surface area contributed by atoms with Crippen LogP contribution in [-0.4, -0.2) is 50.2 Å². The van der Waals surface area contributed by atoms with E-state index in [1.165, 1.54) is 7.11 Å². The number of ether oxygens (including phenoxy) is 1. The lowest BCUT2D eigenvalue weighted by atomic mass is 9.97. The monoisotopic (exact) mass is 276 g/mol. The van der Waals surface area contributed by atoms with E-state index in [1.54, 1.807) is 0 Å². The molecule has 0 radical (unpaired) electrons. The van der Waals surface area contributed by atoms with E-state index in [1.807, 2.05) is 30.3 Å². The summed E-state index contributed by atoms with van der Waals surface area (Å²) in [5.74, 6) is -0.359. The second kappa shape index (κ2) is 7.41. The molecule has 0 saturated carbocycles. The van der Waals surface area contributed by atoms with Gasteiger partial charge in [-0.2, -0.15) is 0 Å². The maximum absolute atomic E-state index is 12.1. The first kappa shape index (κ1) is 15.0. The van der Waals surface area contributed by atoms with E-state index in [2.05, 4.69) is 17.1 Å². The average molecular weight is 276 g/mol. The molecule has 2 unspecified atom stereocenters. The summed E-state index contributed by atoms with van der Waals surface area (Å²) in [7, 11) is 1.46. The molecule has 0 aliphatic carbocycles. The van der Waals surface area contributed by atoms with Gasteiger partial charge in [-0.1, -0.05) is 37.3 Å². The van der Waals surface area contributed by atoms with Gasteiger partial charge in [0.2, 0.25) is 0 Å². The highest BCUT2D eigenvalue weighted by atomic mass is 16.5. The lowest BCUT2D eigenvalue weighted by molar-refractivity contribution is -0.143. The number of hydrogen-bond donors (Lipinski definition) is 1. The Hall–Kier alpha value is -1.39. The van der Waals surface area contributed by atoms with Gasteiger partial charge in [0.05, 0.1) is 13.0 Å². The Balaban J connectivity index is 2.12. The van der Waals surface area contributed by atoms with Gasteiger partial charge in [0, 0.05) is 19.1 Å². The van der Waals surface area contributed by atoms with Crippen LogP contribution >= 0.6 is 0 Å². The van der Waals surface area contributed by atoms with Gasteiger partial charge in [0.15, 0.2) is 0 Å². The Bertz CT molecular complexity index is 416. The Morgan fingerprint density at radius 2 is 2.20 bits per heavy atom. The Morgan fingerprint density at radius 3 is 2.75 bits per heavy atom. The number of carbonyl (C=O) groups is 1. The van der Waals surface area contributed by atoms with E-state index in [0.29, 0.717) is 6.04 Å². The number of nitrogens with zero attached hydrogens (tertiary/aromatic N) is 1. The van der Waals surface area contributed by atoms with Crippen molar-refractivity contribution in [2.45, 2.75) is 25.3 Å². The highest BCUT2D eigenvalue weighted by Gasteiger charge is 2.28. The zero-order chi connectivity index (χ0) is 14.4. The standard InChI is InChI=1S/C16H24N2O2/c1-3-18(14-9-10-17-11-14)12-15(16(19)20-2)13-7-5-4-6-8-13/h4-8,14-15,17H,3,9-12H2,1-2H3. The molecule has 1 fully saturated rings. The quantitative estimate of drug-likeness (QED) is 0.802. The van der Waals surface area contributed by atoms with Crippen LogP contribution in [0.1, 0.15) is 24.8 Å². The van der Waals surface area contributed by atoms with Crippen molar-refractivity contribution in [3.05, 3.63) is 35.9 Å². The van der Waals surface area contributed by atoms with Crippen LogP contribution in [0.4, 0.5) is 0 Å². The summed E-state index contributed by atoms with van der Waals surface area (Å²) in [5.41, 5.74) is 1.03. The third-order valence-electron chi connectivity index (χ3n) is 4.06. The van der Waals surface area contributed by atoms with Gasteiger partial charge >= 0.3 is 5.97 Å². The number of nitrogens with one attached hydrogen (secondary N) is 1. The van der Waals surface area contributed by atoms with E-state index in [9.17, 15) is 4.79 Å². The maximum atomic E-state index is 12.1. The molecular formula is C16H24N2O2. The van der Waals surface area contributed by atoms with Crippen LogP contribution in [0.3, 0.4) is 0 Å². The number of rotatable bonds is 6. The SMILES string of the molecule is CCN(CC(C(=O)OC)c1ccccc1)C1CCNC1. The summed E-state index contributed by atoms with van der Waals surface area (Å²) < 4.78 is 4.99. The van der Waals surface area contributed by atoms with Gasteiger partial charge in [-0.3, -0.25) is 9.69 Å². The van der Waals surface area contributed by atoms with Crippen LogP contribution in [0.15, 0.2) is 30.3 Å². The molecule has 110 valence electrons. The largest absolute Gasteiger partial charge is 0.469 e. The number of likely N-dealkylation sites (N-methyl/N-ethyl adjacent to an activating group) is 1. The van der Waals surface area contributed by atoms with Crippen molar-refractivity contribution in [2.24, 2.45) is 0 Å². The molecule has 4 nitrogen and oxygen atoms in total. The number of methoxy groups -OCH3 is 1. The van der Waals surface area contributed by atoms with Gasteiger partial charge in [-0.25, -0.2) is 0 Å². The lowest BCUT2D eigenvalue weighted by Crippen LogP contribution is -2.41. The van der Waals surface area contributed by atoms with Gasteiger partial charge < -0.3 is 10.1 Å². The number of carbonyl (C=O) groups excluding carboxylic acids is 1.